The van der Waals surface area contributed by atoms with Crippen molar-refractivity contribution in [3.8, 4) is 27.9 Å². The van der Waals surface area contributed by atoms with Gasteiger partial charge < -0.3 is 13.7 Å². The summed E-state index contributed by atoms with van der Waals surface area (Å²) in [6.45, 7) is 0. The molecule has 9 aromatic carbocycles. The molecule has 0 aliphatic rings. The maximum atomic E-state index is 6.62. The van der Waals surface area contributed by atoms with Crippen molar-refractivity contribution in [2.24, 2.45) is 0 Å². The average molecular weight is 743 g/mol. The van der Waals surface area contributed by atoms with E-state index in [9.17, 15) is 0 Å². The predicted octanol–water partition coefficient (Wildman–Crippen LogP) is 15.4. The summed E-state index contributed by atoms with van der Waals surface area (Å²) in [7, 11) is 0. The summed E-state index contributed by atoms with van der Waals surface area (Å²) in [5, 5.41) is 8.10. The highest BCUT2D eigenvalue weighted by Crippen LogP contribution is 2.45. The number of benzene rings is 9. The van der Waals surface area contributed by atoms with Crippen molar-refractivity contribution in [3.63, 3.8) is 0 Å². The lowest BCUT2D eigenvalue weighted by molar-refractivity contribution is 0.645. The Balaban J connectivity index is 1.02. The number of aromatic nitrogens is 1. The summed E-state index contributed by atoms with van der Waals surface area (Å²) in [5.41, 5.74) is 13.6. The molecule has 12 rings (SSSR count). The van der Waals surface area contributed by atoms with Gasteiger partial charge >= 0.3 is 0 Å². The quantitative estimate of drug-likeness (QED) is 0.170. The first kappa shape index (κ1) is 32.4. The summed E-state index contributed by atoms with van der Waals surface area (Å²) in [6.07, 6.45) is 0. The highest BCUT2D eigenvalue weighted by atomic mass is 16.3. The second kappa shape index (κ2) is 12.9. The number of hydrogen-bond acceptors (Lipinski definition) is 3. The lowest BCUT2D eigenvalue weighted by Gasteiger charge is -2.26. The van der Waals surface area contributed by atoms with Crippen LogP contribution in [0.25, 0.3) is 93.6 Å². The molecule has 4 nitrogen and oxygen atoms in total. The van der Waals surface area contributed by atoms with Gasteiger partial charge in [0.1, 0.15) is 16.7 Å². The Morgan fingerprint density at radius 2 is 0.931 bits per heavy atom. The third kappa shape index (κ3) is 5.02. The minimum absolute atomic E-state index is 0.853. The summed E-state index contributed by atoms with van der Waals surface area (Å²) in [5.74, 6) is 0. The molecule has 0 aliphatic heterocycles. The maximum absolute atomic E-state index is 6.62. The van der Waals surface area contributed by atoms with E-state index in [1.165, 1.54) is 27.3 Å². The Kier molecular flexibility index (Phi) is 7.20. The topological polar surface area (TPSA) is 34.5 Å². The van der Waals surface area contributed by atoms with E-state index >= 15 is 0 Å². The third-order valence-corrected chi connectivity index (χ3v) is 11.6. The lowest BCUT2D eigenvalue weighted by Crippen LogP contribution is -2.09. The lowest BCUT2D eigenvalue weighted by atomic mass is 9.97. The van der Waals surface area contributed by atoms with E-state index in [1.807, 2.05) is 18.2 Å². The number of nitrogens with zero attached hydrogens (tertiary/aromatic N) is 2. The van der Waals surface area contributed by atoms with E-state index in [-0.39, 0.29) is 0 Å². The Morgan fingerprint density at radius 1 is 0.362 bits per heavy atom. The number of hydrogen-bond donors (Lipinski definition) is 0. The zero-order valence-electron chi connectivity index (χ0n) is 31.3. The van der Waals surface area contributed by atoms with Crippen molar-refractivity contribution >= 4 is 82.7 Å². The molecule has 0 radical (unpaired) electrons. The molecule has 12 aromatic rings. The van der Waals surface area contributed by atoms with Crippen LogP contribution in [-0.4, -0.2) is 4.57 Å². The normalized spacial score (nSPS) is 11.8. The first-order valence-corrected chi connectivity index (χ1v) is 19.7. The minimum atomic E-state index is 0.853. The van der Waals surface area contributed by atoms with Gasteiger partial charge in [-0.3, -0.25) is 4.57 Å². The van der Waals surface area contributed by atoms with Crippen molar-refractivity contribution in [3.05, 3.63) is 206 Å². The highest BCUT2D eigenvalue weighted by molar-refractivity contribution is 6.24. The standard InChI is InChI=1S/C54H34N2O2/c1-2-14-38(15-3-1)56-48-21-11-20-44(52(48)53-46-18-7-9-23-50(46)58-54(53)56)37-26-30-40(31-27-37)55(41-32-33-51-47(34-41)45-17-6-8-22-49(45)57-51)39-28-24-36(25-29-39)43-19-10-13-35-12-4-5-16-42(35)43/h1-34H. The molecule has 0 unspecified atom stereocenters. The maximum Gasteiger partial charge on any atom is 0.213 e. The summed E-state index contributed by atoms with van der Waals surface area (Å²) < 4.78 is 15.1. The average Bonchev–Trinajstić information content (AvgIpc) is 3.96. The number of anilines is 3. The predicted molar refractivity (Wildman–Crippen MR) is 241 cm³/mol. The molecule has 3 heterocycles. The molecule has 4 heteroatoms. The van der Waals surface area contributed by atoms with E-state index in [0.717, 1.165) is 83.4 Å². The molecule has 272 valence electrons. The molecule has 0 saturated heterocycles. The molecule has 0 fully saturated rings. The van der Waals surface area contributed by atoms with Crippen molar-refractivity contribution in [2.75, 3.05) is 4.90 Å². The monoisotopic (exact) mass is 742 g/mol. The zero-order chi connectivity index (χ0) is 38.2. The van der Waals surface area contributed by atoms with Gasteiger partial charge in [0, 0.05) is 44.3 Å². The van der Waals surface area contributed by atoms with Crippen LogP contribution in [0.1, 0.15) is 0 Å². The summed E-state index contributed by atoms with van der Waals surface area (Å²) >= 11 is 0. The molecule has 0 bridgehead atoms. The summed E-state index contributed by atoms with van der Waals surface area (Å²) in [4.78, 5) is 2.34. The van der Waals surface area contributed by atoms with Crippen LogP contribution in [0.2, 0.25) is 0 Å². The van der Waals surface area contributed by atoms with Gasteiger partial charge in [-0.05, 0) is 106 Å². The Bertz CT molecular complexity index is 3490. The molecule has 0 saturated carbocycles. The smallest absolute Gasteiger partial charge is 0.213 e. The molecule has 0 amide bonds. The van der Waals surface area contributed by atoms with Crippen LogP contribution >= 0.6 is 0 Å². The molecule has 0 N–H and O–H groups in total. The third-order valence-electron chi connectivity index (χ3n) is 11.6. The molecular formula is C54H34N2O2. The van der Waals surface area contributed by atoms with Gasteiger partial charge in [-0.1, -0.05) is 133 Å². The molecule has 58 heavy (non-hydrogen) atoms. The Labute approximate surface area is 334 Å². The first-order valence-electron chi connectivity index (χ1n) is 19.7. The molecule has 0 atom stereocenters. The number of para-hydroxylation sites is 3. The Hall–Kier alpha value is -7.82. The fourth-order valence-electron chi connectivity index (χ4n) is 8.96. The first-order chi connectivity index (χ1) is 28.8. The second-order valence-electron chi connectivity index (χ2n) is 14.9. The fraction of sp³-hybridized carbons (Fsp3) is 0. The van der Waals surface area contributed by atoms with Gasteiger partial charge in [-0.15, -0.1) is 0 Å². The highest BCUT2D eigenvalue weighted by Gasteiger charge is 2.22. The van der Waals surface area contributed by atoms with Crippen LogP contribution < -0.4 is 4.90 Å². The Morgan fingerprint density at radius 3 is 1.71 bits per heavy atom. The van der Waals surface area contributed by atoms with Crippen molar-refractivity contribution in [2.45, 2.75) is 0 Å². The summed E-state index contributed by atoms with van der Waals surface area (Å²) in [6, 6.07) is 73.2. The van der Waals surface area contributed by atoms with E-state index in [0.29, 0.717) is 0 Å². The SMILES string of the molecule is c1ccc(-n2c3cccc(-c4ccc(N(c5ccc(-c6cccc7ccccc67)cc5)c5ccc6oc7ccccc7c6c5)cc4)c3c3c4ccccc4oc32)cc1. The van der Waals surface area contributed by atoms with Crippen LogP contribution in [0.15, 0.2) is 215 Å². The van der Waals surface area contributed by atoms with Crippen LogP contribution in [-0.2, 0) is 0 Å². The fourth-order valence-corrected chi connectivity index (χ4v) is 8.96. The second-order valence-corrected chi connectivity index (χ2v) is 14.9. The van der Waals surface area contributed by atoms with Crippen molar-refractivity contribution in [1.29, 1.82) is 0 Å². The molecular weight excluding hydrogens is 709 g/mol. The van der Waals surface area contributed by atoms with Crippen molar-refractivity contribution < 1.29 is 8.83 Å². The van der Waals surface area contributed by atoms with Crippen LogP contribution in [0.3, 0.4) is 0 Å². The largest absolute Gasteiger partial charge is 0.456 e. The van der Waals surface area contributed by atoms with Gasteiger partial charge in [0.2, 0.25) is 5.71 Å². The van der Waals surface area contributed by atoms with E-state index < -0.39 is 0 Å². The van der Waals surface area contributed by atoms with Gasteiger partial charge in [0.25, 0.3) is 0 Å². The minimum Gasteiger partial charge on any atom is -0.456 e. The van der Waals surface area contributed by atoms with Crippen LogP contribution in [0.4, 0.5) is 17.1 Å². The van der Waals surface area contributed by atoms with Gasteiger partial charge in [-0.25, -0.2) is 0 Å². The van der Waals surface area contributed by atoms with E-state index in [1.54, 1.807) is 0 Å². The van der Waals surface area contributed by atoms with Gasteiger partial charge in [0.05, 0.1) is 10.9 Å². The number of furan rings is 2. The number of rotatable bonds is 6. The van der Waals surface area contributed by atoms with E-state index in [4.69, 9.17) is 8.83 Å². The van der Waals surface area contributed by atoms with Gasteiger partial charge in [0.15, 0.2) is 0 Å². The van der Waals surface area contributed by atoms with Gasteiger partial charge in [-0.2, -0.15) is 0 Å². The van der Waals surface area contributed by atoms with Crippen LogP contribution in [0, 0.1) is 0 Å². The zero-order valence-corrected chi connectivity index (χ0v) is 31.3. The van der Waals surface area contributed by atoms with Crippen molar-refractivity contribution in [1.82, 2.24) is 4.57 Å². The molecule has 0 aliphatic carbocycles. The van der Waals surface area contributed by atoms with E-state index in [2.05, 4.69) is 198 Å². The molecule has 3 aromatic heterocycles. The molecule has 0 spiro atoms. The van der Waals surface area contributed by atoms with Crippen LogP contribution in [0.5, 0.6) is 0 Å². The number of fused-ring (bicyclic) bond motifs is 9.